The lowest BCUT2D eigenvalue weighted by molar-refractivity contribution is 0.417. The highest BCUT2D eigenvalue weighted by atomic mass is 16.5. The van der Waals surface area contributed by atoms with Crippen molar-refractivity contribution < 1.29 is 4.52 Å². The van der Waals surface area contributed by atoms with Crippen molar-refractivity contribution in [1.29, 1.82) is 0 Å². The Morgan fingerprint density at radius 3 is 2.67 bits per heavy atom. The van der Waals surface area contributed by atoms with Crippen LogP contribution in [0.3, 0.4) is 0 Å². The standard InChI is InChI=1S/C7H9NO/c1-5(2)7-6(3)4-9-8-7/h4H,1H2,2-3H3. The van der Waals surface area contributed by atoms with Crippen LogP contribution in [0.25, 0.3) is 5.57 Å². The third-order valence-electron chi connectivity index (χ3n) is 1.15. The van der Waals surface area contributed by atoms with Crippen LogP contribution in [-0.2, 0) is 0 Å². The van der Waals surface area contributed by atoms with Gasteiger partial charge in [0.25, 0.3) is 0 Å². The Morgan fingerprint density at radius 1 is 1.78 bits per heavy atom. The summed E-state index contributed by atoms with van der Waals surface area (Å²) >= 11 is 0. The zero-order chi connectivity index (χ0) is 6.85. The van der Waals surface area contributed by atoms with Gasteiger partial charge in [-0.3, -0.25) is 0 Å². The number of nitrogens with zero attached hydrogens (tertiary/aromatic N) is 1. The van der Waals surface area contributed by atoms with Gasteiger partial charge < -0.3 is 4.52 Å². The minimum Gasteiger partial charge on any atom is -0.364 e. The Bertz CT molecular complexity index is 225. The molecule has 0 amide bonds. The Morgan fingerprint density at radius 2 is 2.44 bits per heavy atom. The summed E-state index contributed by atoms with van der Waals surface area (Å²) in [6, 6.07) is 0. The molecule has 0 radical (unpaired) electrons. The summed E-state index contributed by atoms with van der Waals surface area (Å²) in [5, 5.41) is 3.74. The average molecular weight is 123 g/mol. The van der Waals surface area contributed by atoms with Gasteiger partial charge in [0, 0.05) is 5.56 Å². The molecule has 2 nitrogen and oxygen atoms in total. The third kappa shape index (κ3) is 1.02. The van der Waals surface area contributed by atoms with Crippen LogP contribution >= 0.6 is 0 Å². The van der Waals surface area contributed by atoms with Crippen LogP contribution in [0.1, 0.15) is 18.2 Å². The second kappa shape index (κ2) is 2.05. The normalized spacial score (nSPS) is 9.56. The highest BCUT2D eigenvalue weighted by Gasteiger charge is 2.00. The van der Waals surface area contributed by atoms with E-state index in [1.807, 2.05) is 13.8 Å². The fourth-order valence-corrected chi connectivity index (χ4v) is 0.700. The molecule has 0 atom stereocenters. The van der Waals surface area contributed by atoms with Gasteiger partial charge in [0.1, 0.15) is 12.0 Å². The predicted molar refractivity (Wildman–Crippen MR) is 35.9 cm³/mol. The lowest BCUT2D eigenvalue weighted by Gasteiger charge is -1.88. The van der Waals surface area contributed by atoms with Crippen molar-refractivity contribution in [3.8, 4) is 0 Å². The smallest absolute Gasteiger partial charge is 0.127 e. The van der Waals surface area contributed by atoms with Gasteiger partial charge in [-0.2, -0.15) is 0 Å². The van der Waals surface area contributed by atoms with E-state index < -0.39 is 0 Å². The molecule has 48 valence electrons. The fourth-order valence-electron chi connectivity index (χ4n) is 0.700. The van der Waals surface area contributed by atoms with E-state index in [4.69, 9.17) is 4.52 Å². The second-order valence-corrected chi connectivity index (χ2v) is 2.13. The zero-order valence-corrected chi connectivity index (χ0v) is 5.64. The van der Waals surface area contributed by atoms with Crippen LogP contribution in [0.5, 0.6) is 0 Å². The minimum atomic E-state index is 0.870. The van der Waals surface area contributed by atoms with Crippen molar-refractivity contribution in [2.24, 2.45) is 0 Å². The summed E-state index contributed by atoms with van der Waals surface area (Å²) in [7, 11) is 0. The molecular formula is C7H9NO. The average Bonchev–Trinajstić information content (AvgIpc) is 2.13. The molecule has 1 aromatic heterocycles. The first-order valence-electron chi connectivity index (χ1n) is 2.78. The van der Waals surface area contributed by atoms with Crippen LogP contribution in [-0.4, -0.2) is 5.16 Å². The Balaban J connectivity index is 3.08. The third-order valence-corrected chi connectivity index (χ3v) is 1.15. The molecular weight excluding hydrogens is 114 g/mol. The van der Waals surface area contributed by atoms with Crippen LogP contribution in [0.2, 0.25) is 0 Å². The van der Waals surface area contributed by atoms with E-state index in [9.17, 15) is 0 Å². The maximum Gasteiger partial charge on any atom is 0.127 e. The Hall–Kier alpha value is -1.05. The van der Waals surface area contributed by atoms with Gasteiger partial charge >= 0.3 is 0 Å². The van der Waals surface area contributed by atoms with E-state index >= 15 is 0 Å². The molecule has 0 aliphatic carbocycles. The van der Waals surface area contributed by atoms with Crippen LogP contribution < -0.4 is 0 Å². The molecule has 2 heteroatoms. The van der Waals surface area contributed by atoms with E-state index in [0.717, 1.165) is 16.8 Å². The molecule has 0 saturated carbocycles. The molecule has 0 fully saturated rings. The first-order chi connectivity index (χ1) is 4.22. The molecule has 1 aromatic rings. The maximum atomic E-state index is 4.70. The summed E-state index contributed by atoms with van der Waals surface area (Å²) in [6.45, 7) is 7.59. The SMILES string of the molecule is C=C(C)c1nocc1C. The molecule has 0 spiro atoms. The predicted octanol–water partition coefficient (Wildman–Crippen LogP) is 2.02. The van der Waals surface area contributed by atoms with Gasteiger partial charge in [-0.15, -0.1) is 0 Å². The number of hydrogen-bond donors (Lipinski definition) is 0. The quantitative estimate of drug-likeness (QED) is 0.571. The topological polar surface area (TPSA) is 26.0 Å². The van der Waals surface area contributed by atoms with Gasteiger partial charge in [0.15, 0.2) is 0 Å². The largest absolute Gasteiger partial charge is 0.364 e. The number of allylic oxidation sites excluding steroid dienone is 1. The number of aromatic nitrogens is 1. The van der Waals surface area contributed by atoms with Gasteiger partial charge in [0.2, 0.25) is 0 Å². The van der Waals surface area contributed by atoms with Crippen molar-refractivity contribution in [3.05, 3.63) is 24.1 Å². The van der Waals surface area contributed by atoms with Gasteiger partial charge in [-0.25, -0.2) is 0 Å². The highest BCUT2D eigenvalue weighted by molar-refractivity contribution is 5.59. The summed E-state index contributed by atoms with van der Waals surface area (Å²) in [6.07, 6.45) is 1.62. The van der Waals surface area contributed by atoms with Crippen molar-refractivity contribution >= 4 is 5.57 Å². The van der Waals surface area contributed by atoms with Crippen LogP contribution in [0, 0.1) is 6.92 Å². The summed E-state index contributed by atoms with van der Waals surface area (Å²) in [5.74, 6) is 0. The van der Waals surface area contributed by atoms with Crippen LogP contribution in [0.4, 0.5) is 0 Å². The molecule has 0 unspecified atom stereocenters. The maximum absolute atomic E-state index is 4.70. The molecule has 0 saturated heterocycles. The van der Waals surface area contributed by atoms with Gasteiger partial charge in [-0.1, -0.05) is 11.7 Å². The summed E-state index contributed by atoms with van der Waals surface area (Å²) in [5.41, 5.74) is 2.86. The lowest BCUT2D eigenvalue weighted by Crippen LogP contribution is -1.78. The number of aryl methyl sites for hydroxylation is 1. The molecule has 0 aliphatic heterocycles. The molecule has 0 aromatic carbocycles. The Kier molecular flexibility index (Phi) is 1.39. The first-order valence-corrected chi connectivity index (χ1v) is 2.78. The van der Waals surface area contributed by atoms with E-state index in [2.05, 4.69) is 11.7 Å². The van der Waals surface area contributed by atoms with Crippen molar-refractivity contribution in [3.63, 3.8) is 0 Å². The van der Waals surface area contributed by atoms with Crippen LogP contribution in [0.15, 0.2) is 17.4 Å². The lowest BCUT2D eigenvalue weighted by atomic mass is 10.2. The van der Waals surface area contributed by atoms with E-state index in [1.54, 1.807) is 6.26 Å². The number of hydrogen-bond acceptors (Lipinski definition) is 2. The molecule has 0 bridgehead atoms. The van der Waals surface area contributed by atoms with Crippen molar-refractivity contribution in [1.82, 2.24) is 5.16 Å². The zero-order valence-electron chi connectivity index (χ0n) is 5.64. The minimum absolute atomic E-state index is 0.870. The molecule has 1 heterocycles. The van der Waals surface area contributed by atoms with Gasteiger partial charge in [-0.05, 0) is 19.4 Å². The van der Waals surface area contributed by atoms with Gasteiger partial charge in [0.05, 0.1) is 0 Å². The highest BCUT2D eigenvalue weighted by Crippen LogP contribution is 2.12. The van der Waals surface area contributed by atoms with E-state index in [1.165, 1.54) is 0 Å². The fraction of sp³-hybridized carbons (Fsp3) is 0.286. The van der Waals surface area contributed by atoms with E-state index in [-0.39, 0.29) is 0 Å². The summed E-state index contributed by atoms with van der Waals surface area (Å²) < 4.78 is 4.70. The van der Waals surface area contributed by atoms with Crippen molar-refractivity contribution in [2.75, 3.05) is 0 Å². The van der Waals surface area contributed by atoms with Crippen molar-refractivity contribution in [2.45, 2.75) is 13.8 Å². The molecule has 9 heavy (non-hydrogen) atoms. The first kappa shape index (κ1) is 6.08. The molecule has 0 aliphatic rings. The number of rotatable bonds is 1. The Labute approximate surface area is 54.2 Å². The molecule has 0 N–H and O–H groups in total. The molecule has 1 rings (SSSR count). The second-order valence-electron chi connectivity index (χ2n) is 2.13. The summed E-state index contributed by atoms with van der Waals surface area (Å²) in [4.78, 5) is 0. The van der Waals surface area contributed by atoms with E-state index in [0.29, 0.717) is 0 Å². The monoisotopic (exact) mass is 123 g/mol.